The van der Waals surface area contributed by atoms with Crippen molar-refractivity contribution in [1.82, 2.24) is 15.2 Å². The molecule has 0 aliphatic carbocycles. The Morgan fingerprint density at radius 1 is 0.824 bits per heavy atom. The molecule has 3 aliphatic heterocycles. The number of thiol groups is 1. The molecular formula is C32H43Br2N3O12S2. The Bertz CT molecular complexity index is 1290. The molecule has 0 aromatic heterocycles. The van der Waals surface area contributed by atoms with Crippen molar-refractivity contribution >= 4 is 92.1 Å². The molecule has 19 heteroatoms. The predicted molar refractivity (Wildman–Crippen MR) is 199 cm³/mol. The zero-order valence-electron chi connectivity index (χ0n) is 28.3. The molecule has 3 fully saturated rings. The summed E-state index contributed by atoms with van der Waals surface area (Å²) >= 11 is 11.6. The number of hydrogen-bond acceptors (Lipinski definition) is 14. The number of benzene rings is 1. The number of methoxy groups -OCH3 is 2. The quantitative estimate of drug-likeness (QED) is 0.0632. The molecule has 3 amide bonds. The van der Waals surface area contributed by atoms with Crippen molar-refractivity contribution in [1.29, 1.82) is 0 Å². The van der Waals surface area contributed by atoms with Gasteiger partial charge in [0.15, 0.2) is 0 Å². The number of carbonyl (C=O) groups is 6. The van der Waals surface area contributed by atoms with Gasteiger partial charge >= 0.3 is 18.1 Å². The first-order valence-electron chi connectivity index (χ1n) is 15.3. The van der Waals surface area contributed by atoms with Gasteiger partial charge in [-0.15, -0.1) is 24.9 Å². The van der Waals surface area contributed by atoms with E-state index in [4.69, 9.17) is 19.2 Å². The monoisotopic (exact) mass is 883 g/mol. The van der Waals surface area contributed by atoms with Crippen LogP contribution < -0.4 is 0 Å². The van der Waals surface area contributed by atoms with E-state index in [2.05, 4.69) is 67.1 Å². The van der Waals surface area contributed by atoms with Crippen molar-refractivity contribution < 1.29 is 57.5 Å². The highest BCUT2D eigenvalue weighted by atomic mass is 79.9. The van der Waals surface area contributed by atoms with Crippen molar-refractivity contribution in [2.45, 2.75) is 44.0 Å². The van der Waals surface area contributed by atoms with Gasteiger partial charge < -0.3 is 19.0 Å². The molecule has 0 bridgehead atoms. The first-order valence-corrected chi connectivity index (χ1v) is 19.3. The Morgan fingerprint density at radius 2 is 1.31 bits per heavy atom. The fourth-order valence-electron chi connectivity index (χ4n) is 3.73. The average molecular weight is 886 g/mol. The Balaban J connectivity index is 0.000000362. The van der Waals surface area contributed by atoms with Crippen LogP contribution in [0.15, 0.2) is 55.6 Å². The van der Waals surface area contributed by atoms with Gasteiger partial charge in [-0.1, -0.05) is 74.3 Å². The van der Waals surface area contributed by atoms with Crippen LogP contribution >= 0.6 is 56.3 Å². The van der Waals surface area contributed by atoms with Gasteiger partial charge in [0, 0.05) is 16.4 Å². The van der Waals surface area contributed by atoms with Crippen molar-refractivity contribution in [3.8, 4) is 0 Å². The van der Waals surface area contributed by atoms with Crippen LogP contribution in [0.1, 0.15) is 24.8 Å². The number of hydrogen-bond donors (Lipinski definition) is 1. The third-order valence-electron chi connectivity index (χ3n) is 6.47. The molecule has 1 aromatic rings. The number of halogens is 2. The van der Waals surface area contributed by atoms with Crippen LogP contribution in [-0.4, -0.2) is 124 Å². The number of carbonyl (C=O) groups excluding carboxylic acids is 6. The van der Waals surface area contributed by atoms with E-state index in [0.717, 1.165) is 16.0 Å². The van der Waals surface area contributed by atoms with Crippen LogP contribution in [0, 0.1) is 0 Å². The van der Waals surface area contributed by atoms with E-state index in [0.29, 0.717) is 49.3 Å². The third-order valence-corrected chi connectivity index (χ3v) is 9.28. The number of amides is 3. The minimum absolute atomic E-state index is 0.0227. The second-order valence-electron chi connectivity index (χ2n) is 10.2. The van der Waals surface area contributed by atoms with E-state index in [1.165, 1.54) is 36.1 Å². The van der Waals surface area contributed by atoms with E-state index in [1.54, 1.807) is 12.2 Å². The number of ether oxygens (including phenoxy) is 3. The summed E-state index contributed by atoms with van der Waals surface area (Å²) in [6.07, 6.45) is 3.80. The summed E-state index contributed by atoms with van der Waals surface area (Å²) in [5.74, 6) is 0.413. The molecule has 0 radical (unpaired) electrons. The molecule has 3 unspecified atom stereocenters. The lowest BCUT2D eigenvalue weighted by Crippen LogP contribution is -2.54. The Labute approximate surface area is 323 Å². The van der Waals surface area contributed by atoms with Crippen LogP contribution in [0.5, 0.6) is 0 Å². The van der Waals surface area contributed by atoms with Crippen molar-refractivity contribution in [2.24, 2.45) is 0 Å². The molecule has 3 atom stereocenters. The lowest BCUT2D eigenvalue weighted by Gasteiger charge is -2.38. The summed E-state index contributed by atoms with van der Waals surface area (Å²) < 4.78 is 13.6. The lowest BCUT2D eigenvalue weighted by atomic mass is 10.1. The molecular weight excluding hydrogens is 842 g/mol. The molecule has 3 aliphatic rings. The predicted octanol–water partition coefficient (Wildman–Crippen LogP) is 4.05. The molecule has 3 heterocycles. The number of β-lactam (4-membered cyclic amide) rings is 3. The first kappa shape index (κ1) is 45.9. The fraction of sp³-hybridized carbons (Fsp3) is 0.500. The minimum Gasteiger partial charge on any atom is -0.468 e. The van der Waals surface area contributed by atoms with Gasteiger partial charge in [-0.3, -0.25) is 33.6 Å². The van der Waals surface area contributed by atoms with Gasteiger partial charge in [0.2, 0.25) is 11.8 Å². The standard InChI is InChI=1S/C12H12BrNO4.C10H15NO4S.C7H10BrNO2.C3H6O2S/c13-7-10-6-11(15)14(10)18-12(16)17-8-9-4-2-1-3-5-9;1-3-4-15-11-8(5-9(11)12)6-16-7-10(13)14-2;1-2-3-11-9-6(5-8)4-7(9)10;1-5-3(4)2-6/h1-5,10H,6-8H2;3,8H,1,4-7H2,2H3;2,6H,1,3-5H2;6H,2H2,1H3. The number of alkyl halides is 2. The highest BCUT2D eigenvalue weighted by Crippen LogP contribution is 2.24. The number of esters is 2. The van der Waals surface area contributed by atoms with Crippen LogP contribution in [-0.2, 0) is 59.3 Å². The maximum Gasteiger partial charge on any atom is 0.533 e. The molecule has 0 N–H and O–H groups in total. The molecule has 0 spiro atoms. The van der Waals surface area contributed by atoms with Gasteiger partial charge in [0.1, 0.15) is 6.61 Å². The maximum absolute atomic E-state index is 11.4. The van der Waals surface area contributed by atoms with E-state index < -0.39 is 6.16 Å². The zero-order chi connectivity index (χ0) is 38.2. The van der Waals surface area contributed by atoms with Crippen molar-refractivity contribution in [2.75, 3.05) is 55.4 Å². The Kier molecular flexibility index (Phi) is 24.0. The number of thioether (sulfide) groups is 1. The Morgan fingerprint density at radius 3 is 1.75 bits per heavy atom. The topological polar surface area (TPSA) is 168 Å². The SMILES string of the molecule is C=CCON1C(=O)CC1CBr.C=CCON1C(=O)CC1CSCC(=O)OC.COC(=O)CS.O=C(OCc1ccccc1)ON1C(=O)CC1CBr. The minimum atomic E-state index is -0.863. The van der Waals surface area contributed by atoms with Crippen LogP contribution in [0.4, 0.5) is 4.79 Å². The number of hydroxylamine groups is 6. The Hall–Kier alpha value is -3.10. The normalized spacial score (nSPS) is 18.3. The lowest BCUT2D eigenvalue weighted by molar-refractivity contribution is -0.219. The van der Waals surface area contributed by atoms with E-state index in [9.17, 15) is 28.8 Å². The van der Waals surface area contributed by atoms with Crippen molar-refractivity contribution in [3.63, 3.8) is 0 Å². The summed E-state index contributed by atoms with van der Waals surface area (Å²) in [6, 6.07) is 9.42. The zero-order valence-corrected chi connectivity index (χ0v) is 33.2. The highest BCUT2D eigenvalue weighted by Gasteiger charge is 2.39. The van der Waals surface area contributed by atoms with Gasteiger partial charge in [0.05, 0.1) is 76.3 Å². The summed E-state index contributed by atoms with van der Waals surface area (Å²) in [4.78, 5) is 80.4. The fourth-order valence-corrected chi connectivity index (χ4v) is 5.77. The number of rotatable bonds is 16. The van der Waals surface area contributed by atoms with Gasteiger partial charge in [-0.2, -0.15) is 17.7 Å². The number of nitrogens with zero attached hydrogens (tertiary/aromatic N) is 3. The molecule has 51 heavy (non-hydrogen) atoms. The molecule has 0 saturated carbocycles. The summed E-state index contributed by atoms with van der Waals surface area (Å²) in [5.41, 5.74) is 0.862. The van der Waals surface area contributed by atoms with Gasteiger partial charge in [-0.05, 0) is 5.56 Å². The summed E-state index contributed by atoms with van der Waals surface area (Å²) in [5, 5.41) is 5.14. The second-order valence-corrected chi connectivity index (χ2v) is 12.8. The second kappa shape index (κ2) is 26.6. The summed E-state index contributed by atoms with van der Waals surface area (Å²) in [7, 11) is 2.69. The van der Waals surface area contributed by atoms with Crippen LogP contribution in [0.25, 0.3) is 0 Å². The average Bonchev–Trinajstić information content (AvgIpc) is 3.14. The maximum atomic E-state index is 11.4. The van der Waals surface area contributed by atoms with Crippen molar-refractivity contribution in [3.05, 3.63) is 61.2 Å². The molecule has 4 rings (SSSR count). The highest BCUT2D eigenvalue weighted by molar-refractivity contribution is 9.09. The molecule has 284 valence electrons. The smallest absolute Gasteiger partial charge is 0.468 e. The van der Waals surface area contributed by atoms with E-state index >= 15 is 0 Å². The third kappa shape index (κ3) is 17.3. The van der Waals surface area contributed by atoms with E-state index in [1.807, 2.05) is 30.3 Å². The molecule has 1 aromatic carbocycles. The largest absolute Gasteiger partial charge is 0.533 e. The summed E-state index contributed by atoms with van der Waals surface area (Å²) in [6.45, 7) is 7.85. The van der Waals surface area contributed by atoms with Crippen LogP contribution in [0.2, 0.25) is 0 Å². The van der Waals surface area contributed by atoms with E-state index in [-0.39, 0.29) is 60.1 Å². The molecule has 3 saturated heterocycles. The first-order chi connectivity index (χ1) is 24.5. The van der Waals surface area contributed by atoms with Crippen LogP contribution in [0.3, 0.4) is 0 Å². The van der Waals surface area contributed by atoms with Gasteiger partial charge in [0.25, 0.3) is 5.91 Å². The molecule has 15 nitrogen and oxygen atoms in total. The van der Waals surface area contributed by atoms with Gasteiger partial charge in [-0.25, -0.2) is 14.9 Å².